The average Bonchev–Trinajstić information content (AvgIpc) is 2.61. The molecule has 0 saturated heterocycles. The summed E-state index contributed by atoms with van der Waals surface area (Å²) in [6.07, 6.45) is 0.727. The predicted molar refractivity (Wildman–Crippen MR) is 91.6 cm³/mol. The first-order valence-electron chi connectivity index (χ1n) is 7.91. The minimum atomic E-state index is -3.36. The van der Waals surface area contributed by atoms with E-state index in [-0.39, 0.29) is 16.7 Å². The van der Waals surface area contributed by atoms with Crippen molar-refractivity contribution in [1.82, 2.24) is 4.90 Å². The Labute approximate surface area is 145 Å². The highest BCUT2D eigenvalue weighted by Crippen LogP contribution is 2.36. The number of nitrogens with two attached hydrogens (primary N) is 1. The van der Waals surface area contributed by atoms with Crippen LogP contribution in [0.3, 0.4) is 0 Å². The second kappa shape index (κ2) is 7.42. The second-order valence-electron chi connectivity index (χ2n) is 5.83. The van der Waals surface area contributed by atoms with Gasteiger partial charge in [0.2, 0.25) is 5.91 Å². The third kappa shape index (κ3) is 4.02. The molecule has 2 rings (SSSR count). The molecule has 2 aromatic carbocycles. The largest absolute Gasteiger partial charge is 0.366 e. The van der Waals surface area contributed by atoms with E-state index in [1.54, 1.807) is 13.1 Å². The number of hydrogen-bond donors (Lipinski definition) is 1. The topological polar surface area (TPSA) is 63.4 Å². The SMILES string of the molecule is CCCN(C)C(=O)c1cc(C(N)=O)cc(C(F)(F)c2ccccc2)c1. The Morgan fingerprint density at radius 1 is 1.04 bits per heavy atom. The third-order valence-electron chi connectivity index (χ3n) is 3.87. The lowest BCUT2D eigenvalue weighted by atomic mass is 9.95. The molecule has 2 N–H and O–H groups in total. The lowest BCUT2D eigenvalue weighted by molar-refractivity contribution is 0.0427. The second-order valence-corrected chi connectivity index (χ2v) is 5.83. The van der Waals surface area contributed by atoms with Gasteiger partial charge in [0.05, 0.1) is 0 Å². The number of benzene rings is 2. The van der Waals surface area contributed by atoms with E-state index in [1.807, 2.05) is 6.92 Å². The molecular formula is C19H20F2N2O2. The Morgan fingerprint density at radius 3 is 2.20 bits per heavy atom. The average molecular weight is 346 g/mol. The zero-order valence-electron chi connectivity index (χ0n) is 14.1. The molecule has 0 radical (unpaired) electrons. The molecule has 0 aliphatic rings. The van der Waals surface area contributed by atoms with Gasteiger partial charge >= 0.3 is 0 Å². The van der Waals surface area contributed by atoms with Crippen molar-refractivity contribution in [3.8, 4) is 0 Å². The van der Waals surface area contributed by atoms with Gasteiger partial charge in [-0.1, -0.05) is 37.3 Å². The number of rotatable bonds is 6. The summed E-state index contributed by atoms with van der Waals surface area (Å²) in [5.74, 6) is -4.65. The van der Waals surface area contributed by atoms with Crippen LogP contribution in [0.15, 0.2) is 48.5 Å². The summed E-state index contributed by atoms with van der Waals surface area (Å²) >= 11 is 0. The van der Waals surface area contributed by atoms with Crippen molar-refractivity contribution in [2.45, 2.75) is 19.3 Å². The molecule has 0 saturated carbocycles. The van der Waals surface area contributed by atoms with Crippen molar-refractivity contribution in [2.24, 2.45) is 5.73 Å². The fourth-order valence-electron chi connectivity index (χ4n) is 2.55. The quantitative estimate of drug-likeness (QED) is 0.871. The standard InChI is InChI=1S/C19H20F2N2O2/c1-3-9-23(2)18(25)14-10-13(17(22)24)11-16(12-14)19(20,21)15-7-5-4-6-8-15/h4-8,10-12H,3,9H2,1-2H3,(H2,22,24). The van der Waals surface area contributed by atoms with E-state index in [9.17, 15) is 18.4 Å². The zero-order chi connectivity index (χ0) is 18.6. The summed E-state index contributed by atoms with van der Waals surface area (Å²) in [4.78, 5) is 25.4. The minimum Gasteiger partial charge on any atom is -0.366 e. The van der Waals surface area contributed by atoms with Gasteiger partial charge in [0.15, 0.2) is 0 Å². The summed E-state index contributed by atoms with van der Waals surface area (Å²) in [6, 6.07) is 10.6. The van der Waals surface area contributed by atoms with Crippen molar-refractivity contribution in [3.05, 3.63) is 70.8 Å². The fourth-order valence-corrected chi connectivity index (χ4v) is 2.55. The highest BCUT2D eigenvalue weighted by molar-refractivity contribution is 5.99. The molecule has 0 aliphatic heterocycles. The Balaban J connectivity index is 2.55. The summed E-state index contributed by atoms with van der Waals surface area (Å²) in [5.41, 5.74) is 4.48. The van der Waals surface area contributed by atoms with Crippen LogP contribution in [-0.4, -0.2) is 30.3 Å². The van der Waals surface area contributed by atoms with E-state index in [1.165, 1.54) is 35.2 Å². The Morgan fingerprint density at radius 2 is 1.64 bits per heavy atom. The predicted octanol–water partition coefficient (Wildman–Crippen LogP) is 3.41. The Kier molecular flexibility index (Phi) is 5.51. The lowest BCUT2D eigenvalue weighted by Crippen LogP contribution is -2.28. The molecule has 0 aromatic heterocycles. The summed E-state index contributed by atoms with van der Waals surface area (Å²) in [7, 11) is 1.58. The van der Waals surface area contributed by atoms with Crippen molar-refractivity contribution in [3.63, 3.8) is 0 Å². The van der Waals surface area contributed by atoms with Crippen LogP contribution in [0.25, 0.3) is 0 Å². The first kappa shape index (κ1) is 18.6. The van der Waals surface area contributed by atoms with E-state index < -0.39 is 23.3 Å². The van der Waals surface area contributed by atoms with E-state index in [0.29, 0.717) is 6.54 Å². The molecule has 132 valence electrons. The molecule has 0 unspecified atom stereocenters. The number of primary amides is 1. The Hall–Kier alpha value is -2.76. The van der Waals surface area contributed by atoms with Gasteiger partial charge in [-0.25, -0.2) is 0 Å². The van der Waals surface area contributed by atoms with Crippen LogP contribution in [0.5, 0.6) is 0 Å². The molecule has 6 heteroatoms. The van der Waals surface area contributed by atoms with Gasteiger partial charge in [0.1, 0.15) is 0 Å². The molecule has 25 heavy (non-hydrogen) atoms. The lowest BCUT2D eigenvalue weighted by Gasteiger charge is -2.21. The number of nitrogens with zero attached hydrogens (tertiary/aromatic N) is 1. The highest BCUT2D eigenvalue weighted by atomic mass is 19.3. The normalized spacial score (nSPS) is 11.2. The van der Waals surface area contributed by atoms with Crippen molar-refractivity contribution in [2.75, 3.05) is 13.6 Å². The molecule has 0 atom stereocenters. The maximum Gasteiger partial charge on any atom is 0.298 e. The number of carbonyl (C=O) groups is 2. The van der Waals surface area contributed by atoms with Crippen molar-refractivity contribution < 1.29 is 18.4 Å². The van der Waals surface area contributed by atoms with Crippen LogP contribution in [0.2, 0.25) is 0 Å². The monoisotopic (exact) mass is 346 g/mol. The molecular weight excluding hydrogens is 326 g/mol. The molecule has 4 nitrogen and oxygen atoms in total. The number of hydrogen-bond acceptors (Lipinski definition) is 2. The highest BCUT2D eigenvalue weighted by Gasteiger charge is 2.35. The van der Waals surface area contributed by atoms with Gasteiger partial charge in [0, 0.05) is 35.8 Å². The summed E-state index contributed by atoms with van der Waals surface area (Å²) in [6.45, 7) is 2.38. The maximum atomic E-state index is 14.8. The van der Waals surface area contributed by atoms with Crippen LogP contribution >= 0.6 is 0 Å². The van der Waals surface area contributed by atoms with Crippen molar-refractivity contribution in [1.29, 1.82) is 0 Å². The number of alkyl halides is 2. The third-order valence-corrected chi connectivity index (χ3v) is 3.87. The van der Waals surface area contributed by atoms with Gasteiger partial charge in [-0.05, 0) is 24.6 Å². The molecule has 0 aliphatic carbocycles. The van der Waals surface area contributed by atoms with Gasteiger partial charge < -0.3 is 10.6 Å². The van der Waals surface area contributed by atoms with Gasteiger partial charge in [-0.2, -0.15) is 8.78 Å². The van der Waals surface area contributed by atoms with Gasteiger partial charge in [-0.15, -0.1) is 0 Å². The van der Waals surface area contributed by atoms with Crippen LogP contribution in [-0.2, 0) is 5.92 Å². The smallest absolute Gasteiger partial charge is 0.298 e. The first-order valence-corrected chi connectivity index (χ1v) is 7.91. The molecule has 2 amide bonds. The van der Waals surface area contributed by atoms with Crippen LogP contribution in [0.1, 0.15) is 45.2 Å². The van der Waals surface area contributed by atoms with E-state index in [0.717, 1.165) is 18.6 Å². The summed E-state index contributed by atoms with van der Waals surface area (Å²) in [5, 5.41) is 0. The maximum absolute atomic E-state index is 14.8. The Bertz CT molecular complexity index is 776. The van der Waals surface area contributed by atoms with Gasteiger partial charge in [-0.3, -0.25) is 9.59 Å². The minimum absolute atomic E-state index is 0.0119. The van der Waals surface area contributed by atoms with Gasteiger partial charge in [0.25, 0.3) is 11.8 Å². The molecule has 0 spiro atoms. The fraction of sp³-hybridized carbons (Fsp3) is 0.263. The zero-order valence-corrected chi connectivity index (χ0v) is 14.1. The molecule has 0 heterocycles. The molecule has 0 fully saturated rings. The van der Waals surface area contributed by atoms with E-state index >= 15 is 0 Å². The number of halogens is 2. The molecule has 0 bridgehead atoms. The van der Waals surface area contributed by atoms with Crippen LogP contribution in [0, 0.1) is 0 Å². The van der Waals surface area contributed by atoms with E-state index in [2.05, 4.69) is 0 Å². The summed E-state index contributed by atoms with van der Waals surface area (Å²) < 4.78 is 29.7. The molecule has 2 aromatic rings. The van der Waals surface area contributed by atoms with Crippen molar-refractivity contribution >= 4 is 11.8 Å². The first-order chi connectivity index (χ1) is 11.8. The van der Waals surface area contributed by atoms with E-state index in [4.69, 9.17) is 5.73 Å². The number of carbonyl (C=O) groups excluding carboxylic acids is 2. The van der Waals surface area contributed by atoms with Crippen LogP contribution in [0.4, 0.5) is 8.78 Å². The van der Waals surface area contributed by atoms with Crippen LogP contribution < -0.4 is 5.73 Å². The number of amides is 2.